The summed E-state index contributed by atoms with van der Waals surface area (Å²) in [4.78, 5) is 28.3. The van der Waals surface area contributed by atoms with Crippen LogP contribution in [0, 0.1) is 6.92 Å². The lowest BCUT2D eigenvalue weighted by Gasteiger charge is -2.30. The summed E-state index contributed by atoms with van der Waals surface area (Å²) in [6.45, 7) is 2.15. The van der Waals surface area contributed by atoms with E-state index in [9.17, 15) is 4.79 Å². The molecule has 0 atom stereocenters. The van der Waals surface area contributed by atoms with Gasteiger partial charge in [-0.15, -0.1) is 11.6 Å². The Bertz CT molecular complexity index is 1360. The summed E-state index contributed by atoms with van der Waals surface area (Å²) in [6, 6.07) is 12.5. The van der Waals surface area contributed by atoms with E-state index in [-0.39, 0.29) is 11.5 Å². The van der Waals surface area contributed by atoms with E-state index in [0.717, 1.165) is 27.4 Å². The predicted octanol–water partition coefficient (Wildman–Crippen LogP) is 4.03. The molecule has 9 heteroatoms. The Morgan fingerprint density at radius 1 is 1.10 bits per heavy atom. The van der Waals surface area contributed by atoms with Crippen molar-refractivity contribution in [2.75, 3.05) is 17.7 Å². The summed E-state index contributed by atoms with van der Waals surface area (Å²) in [5.74, 6) is 1.29. The summed E-state index contributed by atoms with van der Waals surface area (Å²) in [7, 11) is 2.06. The lowest BCUT2D eigenvalue weighted by Crippen LogP contribution is -2.18. The third kappa shape index (κ3) is 3.03. The first-order chi connectivity index (χ1) is 14.4. The van der Waals surface area contributed by atoms with Crippen LogP contribution in [0.3, 0.4) is 0 Å². The molecule has 0 spiro atoms. The van der Waals surface area contributed by atoms with Crippen LogP contribution in [0.25, 0.3) is 11.2 Å². The van der Waals surface area contributed by atoms with Crippen LogP contribution in [0.1, 0.15) is 17.0 Å². The second kappa shape index (κ2) is 7.07. The molecule has 0 amide bonds. The second-order valence-electron chi connectivity index (χ2n) is 7.27. The fourth-order valence-electron chi connectivity index (χ4n) is 3.76. The van der Waals surface area contributed by atoms with Crippen molar-refractivity contribution in [1.29, 1.82) is 0 Å². The third-order valence-electron chi connectivity index (χ3n) is 5.25. The topological polar surface area (TPSA) is 92.8 Å². The largest absolute Gasteiger partial charge is 0.382 e. The minimum Gasteiger partial charge on any atom is -0.382 e. The molecule has 7 nitrogen and oxygen atoms in total. The van der Waals surface area contributed by atoms with Crippen molar-refractivity contribution in [2.24, 2.45) is 0 Å². The molecule has 0 aliphatic carbocycles. The van der Waals surface area contributed by atoms with E-state index in [1.165, 1.54) is 4.90 Å². The van der Waals surface area contributed by atoms with Gasteiger partial charge in [-0.05, 0) is 42.3 Å². The van der Waals surface area contributed by atoms with Crippen molar-refractivity contribution in [3.63, 3.8) is 0 Å². The minimum atomic E-state index is -0.254. The third-order valence-corrected chi connectivity index (χ3v) is 6.65. The molecule has 2 aromatic carbocycles. The van der Waals surface area contributed by atoms with Gasteiger partial charge in [0, 0.05) is 22.7 Å². The molecule has 0 saturated carbocycles. The highest BCUT2D eigenvalue weighted by Gasteiger charge is 2.22. The van der Waals surface area contributed by atoms with Crippen LogP contribution in [0.4, 0.5) is 17.2 Å². The van der Waals surface area contributed by atoms with Gasteiger partial charge >= 0.3 is 5.69 Å². The Hall–Kier alpha value is -2.97. The number of nitrogens with zero attached hydrogens (tertiary/aromatic N) is 4. The van der Waals surface area contributed by atoms with Gasteiger partial charge in [0.25, 0.3) is 0 Å². The molecular weight excluding hydrogens is 420 g/mol. The zero-order valence-electron chi connectivity index (χ0n) is 16.4. The molecule has 2 aromatic heterocycles. The van der Waals surface area contributed by atoms with Gasteiger partial charge in [0.2, 0.25) is 0 Å². The minimum absolute atomic E-state index is 0.254. The molecule has 0 bridgehead atoms. The first-order valence-electron chi connectivity index (χ1n) is 9.40. The predicted molar refractivity (Wildman–Crippen MR) is 121 cm³/mol. The van der Waals surface area contributed by atoms with E-state index in [0.29, 0.717) is 29.4 Å². The molecule has 30 heavy (non-hydrogen) atoms. The summed E-state index contributed by atoms with van der Waals surface area (Å²) in [6.07, 6.45) is 0. The van der Waals surface area contributed by atoms with Gasteiger partial charge in [0.1, 0.15) is 11.3 Å². The van der Waals surface area contributed by atoms with Crippen molar-refractivity contribution in [3.05, 3.63) is 63.8 Å². The number of nitrogens with two attached hydrogens (primary N) is 1. The Kier molecular flexibility index (Phi) is 4.48. The average molecular weight is 439 g/mol. The molecule has 5 rings (SSSR count). The first-order valence-corrected chi connectivity index (χ1v) is 10.8. The monoisotopic (exact) mass is 438 g/mol. The number of aryl methyl sites for hydroxylation is 1. The smallest absolute Gasteiger partial charge is 0.328 e. The molecule has 3 heterocycles. The highest BCUT2D eigenvalue weighted by molar-refractivity contribution is 7.99. The van der Waals surface area contributed by atoms with Crippen LogP contribution in [0.2, 0.25) is 0 Å². The van der Waals surface area contributed by atoms with Gasteiger partial charge in [0.05, 0.1) is 17.9 Å². The average Bonchev–Trinajstić information content (AvgIpc) is 3.03. The van der Waals surface area contributed by atoms with Gasteiger partial charge in [-0.1, -0.05) is 23.9 Å². The molecule has 1 aliphatic heterocycles. The number of rotatable bonds is 3. The Morgan fingerprint density at radius 3 is 2.47 bits per heavy atom. The van der Waals surface area contributed by atoms with E-state index >= 15 is 0 Å². The van der Waals surface area contributed by atoms with Gasteiger partial charge in [-0.2, -0.15) is 0 Å². The molecule has 0 unspecified atom stereocenters. The van der Waals surface area contributed by atoms with Crippen LogP contribution in [-0.4, -0.2) is 26.6 Å². The highest BCUT2D eigenvalue weighted by atomic mass is 35.5. The van der Waals surface area contributed by atoms with E-state index in [1.807, 2.05) is 6.07 Å². The maximum atomic E-state index is 12.5. The number of nitrogens with one attached hydrogen (secondary N) is 1. The Morgan fingerprint density at radius 2 is 1.77 bits per heavy atom. The summed E-state index contributed by atoms with van der Waals surface area (Å²) in [5, 5.41) is 0. The number of imidazole rings is 1. The van der Waals surface area contributed by atoms with E-state index in [2.05, 4.69) is 57.2 Å². The number of aromatic nitrogens is 4. The van der Waals surface area contributed by atoms with Crippen molar-refractivity contribution in [3.8, 4) is 0 Å². The fourth-order valence-corrected chi connectivity index (χ4v) is 5.20. The molecule has 152 valence electrons. The first kappa shape index (κ1) is 19.0. The van der Waals surface area contributed by atoms with Crippen LogP contribution < -0.4 is 16.3 Å². The standard InChI is InChI=1S/C21H19ClN6OS/c1-11-24-19(23)18-20(25-11)28(21(29)26-18)10-13-4-6-15-17(8-13)30-16-7-12(9-22)3-5-14(16)27(15)2/h3-8H,9-10H2,1-2H3,(H,26,29)(H2,23,24,25). The van der Waals surface area contributed by atoms with Crippen LogP contribution in [-0.2, 0) is 12.4 Å². The number of fused-ring (bicyclic) bond motifs is 3. The second-order valence-corrected chi connectivity index (χ2v) is 8.62. The SMILES string of the molecule is Cc1nc(N)c2[nH]c(=O)n(Cc3ccc4c(c3)Sc3cc(CCl)ccc3N4C)c2n1. The number of nitrogen functional groups attached to an aromatic ring is 1. The van der Waals surface area contributed by atoms with E-state index in [4.69, 9.17) is 17.3 Å². The lowest BCUT2D eigenvalue weighted by molar-refractivity contribution is 0.773. The quantitative estimate of drug-likeness (QED) is 0.469. The summed E-state index contributed by atoms with van der Waals surface area (Å²) < 4.78 is 1.60. The molecule has 0 saturated heterocycles. The molecular formula is C21H19ClN6OS. The van der Waals surface area contributed by atoms with Crippen molar-refractivity contribution in [2.45, 2.75) is 29.1 Å². The zero-order chi connectivity index (χ0) is 21.0. The molecule has 0 radical (unpaired) electrons. The number of halogens is 1. The van der Waals surface area contributed by atoms with Crippen LogP contribution in [0.15, 0.2) is 51.0 Å². The van der Waals surface area contributed by atoms with Gasteiger partial charge < -0.3 is 15.6 Å². The number of aromatic amines is 1. The maximum absolute atomic E-state index is 12.5. The molecule has 3 N–H and O–H groups in total. The van der Waals surface area contributed by atoms with E-state index < -0.39 is 0 Å². The number of H-pyrrole nitrogens is 1. The molecule has 1 aliphatic rings. The number of benzene rings is 2. The maximum Gasteiger partial charge on any atom is 0.328 e. The number of alkyl halides is 1. The molecule has 0 fully saturated rings. The van der Waals surface area contributed by atoms with E-state index in [1.54, 1.807) is 23.3 Å². The number of hydrogen-bond acceptors (Lipinski definition) is 6. The van der Waals surface area contributed by atoms with Gasteiger partial charge in [-0.3, -0.25) is 4.57 Å². The highest BCUT2D eigenvalue weighted by Crippen LogP contribution is 2.48. The molecule has 4 aromatic rings. The lowest BCUT2D eigenvalue weighted by atomic mass is 10.1. The van der Waals surface area contributed by atoms with Gasteiger partial charge in [0.15, 0.2) is 11.5 Å². The zero-order valence-corrected chi connectivity index (χ0v) is 18.0. The normalized spacial score (nSPS) is 12.8. The number of hydrogen-bond donors (Lipinski definition) is 2. The Labute approximate surface area is 181 Å². The summed E-state index contributed by atoms with van der Waals surface area (Å²) in [5.41, 5.74) is 11.1. The Balaban J connectivity index is 1.54. The van der Waals surface area contributed by atoms with Crippen molar-refractivity contribution >= 4 is 51.7 Å². The van der Waals surface area contributed by atoms with Crippen LogP contribution in [0.5, 0.6) is 0 Å². The fraction of sp³-hybridized carbons (Fsp3) is 0.190. The van der Waals surface area contributed by atoms with Crippen molar-refractivity contribution in [1.82, 2.24) is 19.5 Å². The van der Waals surface area contributed by atoms with Crippen LogP contribution >= 0.6 is 23.4 Å². The van der Waals surface area contributed by atoms with Gasteiger partial charge in [-0.25, -0.2) is 14.8 Å². The summed E-state index contributed by atoms with van der Waals surface area (Å²) >= 11 is 7.73. The number of anilines is 3. The van der Waals surface area contributed by atoms with Crippen molar-refractivity contribution < 1.29 is 0 Å².